The molecule has 18 nitrogen and oxygen atoms in total. The van der Waals surface area contributed by atoms with E-state index in [1.165, 1.54) is 43.3 Å². The molecule has 5 unspecified atom stereocenters. The van der Waals surface area contributed by atoms with Crippen molar-refractivity contribution in [2.45, 2.75) is 106 Å². The number of aliphatic hydroxyl groups is 6. The van der Waals surface area contributed by atoms with Gasteiger partial charge in [0.05, 0.1) is 38.1 Å². The molecule has 3 heterocycles. The minimum Gasteiger partial charge on any atom is -0.504 e. The SMILES string of the molecule is C[C@@H]1O[C@@H](O[C@@H]2C(O)[C@H](OCCc3ccc(O)c(O)c3)OC(CO[C@H]3CC(O)CC(CO)O3)[C@H]2OC(=O)/C=C/c2ccc(O)c(O)c2)C(O)[C@@H](O)[C@H]1O. The van der Waals surface area contributed by atoms with Crippen molar-refractivity contribution in [2.24, 2.45) is 0 Å². The van der Waals surface area contributed by atoms with Crippen LogP contribution in [-0.4, -0.2) is 157 Å². The highest BCUT2D eigenvalue weighted by Crippen LogP contribution is 2.33. The highest BCUT2D eigenvalue weighted by atomic mass is 16.8. The van der Waals surface area contributed by atoms with Crippen molar-refractivity contribution >= 4 is 12.0 Å². The number of aromatic hydroxyl groups is 4. The summed E-state index contributed by atoms with van der Waals surface area (Å²) >= 11 is 0. The van der Waals surface area contributed by atoms with Gasteiger partial charge in [-0.15, -0.1) is 0 Å². The number of esters is 1. The fourth-order valence-electron chi connectivity index (χ4n) is 6.12. The number of hydrogen-bond acceptors (Lipinski definition) is 18. The minimum atomic E-state index is -1.82. The van der Waals surface area contributed by atoms with E-state index >= 15 is 0 Å². The Morgan fingerprint density at radius 1 is 0.792 bits per heavy atom. The lowest BCUT2D eigenvalue weighted by Gasteiger charge is -2.47. The molecule has 53 heavy (non-hydrogen) atoms. The molecule has 2 aromatic carbocycles. The average Bonchev–Trinajstić information content (AvgIpc) is 3.13. The van der Waals surface area contributed by atoms with Gasteiger partial charge in [-0.2, -0.15) is 0 Å². The topological polar surface area (TPSA) is 284 Å². The number of carbonyl (C=O) groups excluding carboxylic acids is 1. The first-order valence-corrected chi connectivity index (χ1v) is 17.0. The van der Waals surface area contributed by atoms with Gasteiger partial charge in [-0.05, 0) is 54.8 Å². The molecule has 0 saturated carbocycles. The molecule has 18 heteroatoms. The molecule has 2 aromatic rings. The summed E-state index contributed by atoms with van der Waals surface area (Å²) in [6.45, 7) is 0.496. The number of carbonyl (C=O) groups is 1. The molecule has 294 valence electrons. The van der Waals surface area contributed by atoms with Crippen LogP contribution in [0.1, 0.15) is 30.9 Å². The van der Waals surface area contributed by atoms with Crippen molar-refractivity contribution in [3.05, 3.63) is 53.6 Å². The third-order valence-corrected chi connectivity index (χ3v) is 9.08. The van der Waals surface area contributed by atoms with Crippen molar-refractivity contribution in [3.8, 4) is 23.0 Å². The van der Waals surface area contributed by atoms with Crippen molar-refractivity contribution in [1.29, 1.82) is 0 Å². The highest BCUT2D eigenvalue weighted by molar-refractivity contribution is 5.87. The maximum Gasteiger partial charge on any atom is 0.331 e. The van der Waals surface area contributed by atoms with Gasteiger partial charge in [0.2, 0.25) is 0 Å². The van der Waals surface area contributed by atoms with E-state index in [1.54, 1.807) is 6.07 Å². The maximum absolute atomic E-state index is 13.3. The van der Waals surface area contributed by atoms with E-state index in [0.29, 0.717) is 11.1 Å². The van der Waals surface area contributed by atoms with E-state index in [1.807, 2.05) is 0 Å². The van der Waals surface area contributed by atoms with Crippen LogP contribution in [-0.2, 0) is 44.4 Å². The first-order valence-electron chi connectivity index (χ1n) is 17.0. The molecule has 13 atom stereocenters. The smallest absolute Gasteiger partial charge is 0.331 e. The molecule has 3 aliphatic rings. The van der Waals surface area contributed by atoms with Crippen LogP contribution < -0.4 is 0 Å². The van der Waals surface area contributed by atoms with Gasteiger partial charge in [0.25, 0.3) is 0 Å². The van der Waals surface area contributed by atoms with Crippen LogP contribution in [0.3, 0.4) is 0 Å². The summed E-state index contributed by atoms with van der Waals surface area (Å²) < 4.78 is 40.9. The normalized spacial score (nSPS) is 35.0. The zero-order valence-electron chi connectivity index (χ0n) is 28.6. The molecule has 3 saturated heterocycles. The summed E-state index contributed by atoms with van der Waals surface area (Å²) in [4.78, 5) is 13.3. The van der Waals surface area contributed by atoms with Crippen molar-refractivity contribution in [2.75, 3.05) is 19.8 Å². The number of aliphatic hydroxyl groups excluding tert-OH is 6. The second-order valence-electron chi connectivity index (χ2n) is 13.1. The van der Waals surface area contributed by atoms with Crippen LogP contribution in [0.4, 0.5) is 0 Å². The Balaban J connectivity index is 1.41. The molecule has 3 fully saturated rings. The first kappa shape index (κ1) is 40.6. The molecule has 5 rings (SSSR count). The molecule has 0 aliphatic carbocycles. The van der Waals surface area contributed by atoms with Crippen molar-refractivity contribution in [1.82, 2.24) is 0 Å². The standard InChI is InChI=1S/C35H46O18/c1-16-28(43)29(44)30(45)35(49-16)53-33-31(46)34(47-9-8-18-3-6-22(39)24(41)11-18)51-25(15-48-27-13-19(37)12-20(14-36)50-27)32(33)52-26(42)7-4-17-2-5-21(38)23(40)10-17/h2-7,10-11,16,19-20,25,27-41,43-46H,8-9,12-15H2,1H3/b7-4+/t16-,19?,20?,25?,27+,28-,29-,30?,31?,32+,33+,34+,35-/m0/s1. The fourth-order valence-corrected chi connectivity index (χ4v) is 6.12. The molecular formula is C35H46O18. The molecule has 10 N–H and O–H groups in total. The summed E-state index contributed by atoms with van der Waals surface area (Å²) in [6.07, 6.45) is -15.5. The van der Waals surface area contributed by atoms with Crippen LogP contribution in [0.2, 0.25) is 0 Å². The predicted molar refractivity (Wildman–Crippen MR) is 177 cm³/mol. The van der Waals surface area contributed by atoms with Gasteiger partial charge in [0, 0.05) is 18.9 Å². The van der Waals surface area contributed by atoms with Crippen LogP contribution in [0, 0.1) is 0 Å². The van der Waals surface area contributed by atoms with Gasteiger partial charge < -0.3 is 84.2 Å². The van der Waals surface area contributed by atoms with E-state index in [4.69, 9.17) is 33.2 Å². The first-order chi connectivity index (χ1) is 25.2. The largest absolute Gasteiger partial charge is 0.504 e. The second kappa shape index (κ2) is 18.1. The van der Waals surface area contributed by atoms with Gasteiger partial charge in [-0.3, -0.25) is 0 Å². The zero-order valence-corrected chi connectivity index (χ0v) is 28.6. The Morgan fingerprint density at radius 3 is 2.21 bits per heavy atom. The molecule has 0 bridgehead atoms. The fraction of sp³-hybridized carbons (Fsp3) is 0.571. The second-order valence-corrected chi connectivity index (χ2v) is 13.1. The minimum absolute atomic E-state index is 0.0258. The lowest BCUT2D eigenvalue weighted by molar-refractivity contribution is -0.360. The number of benzene rings is 2. The Bertz CT molecular complexity index is 1540. The van der Waals surface area contributed by atoms with Crippen molar-refractivity contribution < 1.29 is 89.0 Å². The van der Waals surface area contributed by atoms with Gasteiger partial charge >= 0.3 is 5.97 Å². The number of phenols is 4. The summed E-state index contributed by atoms with van der Waals surface area (Å²) in [5, 5.41) is 102. The third-order valence-electron chi connectivity index (χ3n) is 9.08. The van der Waals surface area contributed by atoms with Crippen molar-refractivity contribution in [3.63, 3.8) is 0 Å². The van der Waals surface area contributed by atoms with Crippen LogP contribution in [0.5, 0.6) is 23.0 Å². The van der Waals surface area contributed by atoms with Gasteiger partial charge in [-0.1, -0.05) is 12.1 Å². The number of rotatable bonds is 13. The predicted octanol–water partition coefficient (Wildman–Crippen LogP) is -1.13. The average molecular weight is 755 g/mol. The number of phenolic OH excluding ortho intramolecular Hbond substituents is 4. The molecule has 0 amide bonds. The summed E-state index contributed by atoms with van der Waals surface area (Å²) in [6, 6.07) is 7.97. The monoisotopic (exact) mass is 754 g/mol. The molecular weight excluding hydrogens is 708 g/mol. The van der Waals surface area contributed by atoms with E-state index in [0.717, 1.165) is 6.08 Å². The summed E-state index contributed by atoms with van der Waals surface area (Å²) in [7, 11) is 0. The lowest BCUT2D eigenvalue weighted by atomic mass is 9.96. The number of ether oxygens (including phenoxy) is 7. The van der Waals surface area contributed by atoms with Crippen LogP contribution in [0.15, 0.2) is 42.5 Å². The van der Waals surface area contributed by atoms with Crippen LogP contribution in [0.25, 0.3) is 6.08 Å². The Labute approximate surface area is 303 Å². The van der Waals surface area contributed by atoms with E-state index in [9.17, 15) is 55.9 Å². The summed E-state index contributed by atoms with van der Waals surface area (Å²) in [5.41, 5.74) is 0.873. The van der Waals surface area contributed by atoms with Crippen LogP contribution >= 0.6 is 0 Å². The number of hydrogen-bond donors (Lipinski definition) is 10. The molecule has 0 aromatic heterocycles. The van der Waals surface area contributed by atoms with E-state index in [-0.39, 0.29) is 49.7 Å². The Hall–Kier alpha value is -3.63. The molecule has 0 radical (unpaired) electrons. The lowest BCUT2D eigenvalue weighted by Crippen LogP contribution is -2.65. The van der Waals surface area contributed by atoms with Gasteiger partial charge in [0.15, 0.2) is 48.0 Å². The summed E-state index contributed by atoms with van der Waals surface area (Å²) in [5.74, 6) is -2.48. The molecule has 3 aliphatic heterocycles. The zero-order chi connectivity index (χ0) is 38.4. The van der Waals surface area contributed by atoms with Gasteiger partial charge in [0.1, 0.15) is 36.6 Å². The van der Waals surface area contributed by atoms with E-state index in [2.05, 4.69) is 0 Å². The third kappa shape index (κ3) is 10.3. The van der Waals surface area contributed by atoms with Gasteiger partial charge in [-0.25, -0.2) is 4.79 Å². The highest BCUT2D eigenvalue weighted by Gasteiger charge is 2.52. The maximum atomic E-state index is 13.3. The quantitative estimate of drug-likeness (QED) is 0.0658. The Kier molecular flexibility index (Phi) is 13.9. The Morgan fingerprint density at radius 2 is 1.51 bits per heavy atom. The van der Waals surface area contributed by atoms with E-state index < -0.39 is 98.2 Å². The molecule has 0 spiro atoms.